The minimum Gasteiger partial charge on any atom is -0.320 e. The summed E-state index contributed by atoms with van der Waals surface area (Å²) in [5.74, 6) is 0.932. The van der Waals surface area contributed by atoms with Crippen LogP contribution in [0.25, 0.3) is 0 Å². The van der Waals surface area contributed by atoms with Gasteiger partial charge in [-0.2, -0.15) is 0 Å². The van der Waals surface area contributed by atoms with E-state index >= 15 is 0 Å². The van der Waals surface area contributed by atoms with Gasteiger partial charge in [0, 0.05) is 25.2 Å². The monoisotopic (exact) mass is 209 g/mol. The highest BCUT2D eigenvalue weighted by atomic mass is 32.1. The SMILES string of the molecule is Cn1cnnc1CNCc1nccs1. The van der Waals surface area contributed by atoms with Crippen LogP contribution in [0.2, 0.25) is 0 Å². The second kappa shape index (κ2) is 4.30. The molecule has 0 atom stereocenters. The summed E-state index contributed by atoms with van der Waals surface area (Å²) < 4.78 is 1.90. The molecular formula is C8H11N5S. The number of aryl methyl sites for hydroxylation is 1. The van der Waals surface area contributed by atoms with Crippen molar-refractivity contribution in [1.29, 1.82) is 0 Å². The molecule has 0 fully saturated rings. The molecule has 0 radical (unpaired) electrons. The lowest BCUT2D eigenvalue weighted by atomic mass is 10.5. The van der Waals surface area contributed by atoms with Crippen molar-refractivity contribution in [3.8, 4) is 0 Å². The minimum absolute atomic E-state index is 0.718. The molecule has 0 saturated carbocycles. The summed E-state index contributed by atoms with van der Waals surface area (Å²) in [7, 11) is 1.93. The van der Waals surface area contributed by atoms with Gasteiger partial charge in [-0.05, 0) is 0 Å². The molecule has 2 aromatic heterocycles. The topological polar surface area (TPSA) is 55.6 Å². The zero-order chi connectivity index (χ0) is 9.80. The quantitative estimate of drug-likeness (QED) is 0.799. The normalized spacial score (nSPS) is 10.6. The van der Waals surface area contributed by atoms with Crippen LogP contribution >= 0.6 is 11.3 Å². The summed E-state index contributed by atoms with van der Waals surface area (Å²) in [4.78, 5) is 4.17. The molecule has 74 valence electrons. The number of hydrogen-bond acceptors (Lipinski definition) is 5. The summed E-state index contributed by atoms with van der Waals surface area (Å²) >= 11 is 1.65. The van der Waals surface area contributed by atoms with Crippen LogP contribution in [0.5, 0.6) is 0 Å². The Morgan fingerprint density at radius 2 is 2.43 bits per heavy atom. The number of hydrogen-bond donors (Lipinski definition) is 1. The number of aromatic nitrogens is 4. The van der Waals surface area contributed by atoms with E-state index in [9.17, 15) is 0 Å². The first-order valence-corrected chi connectivity index (χ1v) is 5.16. The lowest BCUT2D eigenvalue weighted by molar-refractivity contribution is 0.635. The van der Waals surface area contributed by atoms with Gasteiger partial charge in [0.15, 0.2) is 0 Å². The van der Waals surface area contributed by atoms with Crippen LogP contribution in [0.15, 0.2) is 17.9 Å². The second-order valence-corrected chi connectivity index (χ2v) is 3.87. The van der Waals surface area contributed by atoms with Crippen LogP contribution in [-0.4, -0.2) is 19.7 Å². The van der Waals surface area contributed by atoms with Crippen molar-refractivity contribution in [3.63, 3.8) is 0 Å². The number of rotatable bonds is 4. The molecule has 0 saturated heterocycles. The van der Waals surface area contributed by atoms with Crippen LogP contribution in [0, 0.1) is 0 Å². The molecule has 0 amide bonds. The Morgan fingerprint density at radius 3 is 3.07 bits per heavy atom. The summed E-state index contributed by atoms with van der Waals surface area (Å²) in [5, 5.41) is 14.1. The smallest absolute Gasteiger partial charge is 0.146 e. The maximum atomic E-state index is 4.17. The third-order valence-electron chi connectivity index (χ3n) is 1.85. The number of nitrogens with zero attached hydrogens (tertiary/aromatic N) is 4. The van der Waals surface area contributed by atoms with Crippen molar-refractivity contribution < 1.29 is 0 Å². The first kappa shape index (κ1) is 9.29. The number of thiazole rings is 1. The van der Waals surface area contributed by atoms with Crippen LogP contribution in [0.1, 0.15) is 10.8 Å². The van der Waals surface area contributed by atoms with Crippen molar-refractivity contribution >= 4 is 11.3 Å². The van der Waals surface area contributed by atoms with Gasteiger partial charge in [0.05, 0.1) is 6.54 Å². The van der Waals surface area contributed by atoms with E-state index in [0.717, 1.165) is 23.9 Å². The van der Waals surface area contributed by atoms with Gasteiger partial charge in [0.2, 0.25) is 0 Å². The summed E-state index contributed by atoms with van der Waals surface area (Å²) in [6, 6.07) is 0. The highest BCUT2D eigenvalue weighted by Crippen LogP contribution is 2.02. The molecule has 0 aliphatic carbocycles. The van der Waals surface area contributed by atoms with Crippen LogP contribution < -0.4 is 5.32 Å². The molecule has 0 bridgehead atoms. The summed E-state index contributed by atoms with van der Waals surface area (Å²) in [6.07, 6.45) is 3.50. The van der Waals surface area contributed by atoms with Crippen molar-refractivity contribution in [2.75, 3.05) is 0 Å². The lowest BCUT2D eigenvalue weighted by Crippen LogP contribution is -2.15. The Morgan fingerprint density at radius 1 is 1.50 bits per heavy atom. The lowest BCUT2D eigenvalue weighted by Gasteiger charge is -2.01. The summed E-state index contributed by atoms with van der Waals surface area (Å²) in [6.45, 7) is 1.50. The van der Waals surface area contributed by atoms with Gasteiger partial charge in [-0.15, -0.1) is 21.5 Å². The fourth-order valence-corrected chi connectivity index (χ4v) is 1.67. The largest absolute Gasteiger partial charge is 0.320 e. The Kier molecular flexibility index (Phi) is 2.85. The van der Waals surface area contributed by atoms with Gasteiger partial charge < -0.3 is 9.88 Å². The van der Waals surface area contributed by atoms with E-state index in [2.05, 4.69) is 20.5 Å². The minimum atomic E-state index is 0.718. The third kappa shape index (κ3) is 2.15. The van der Waals surface area contributed by atoms with Gasteiger partial charge in [-0.3, -0.25) is 0 Å². The summed E-state index contributed by atoms with van der Waals surface area (Å²) in [5.41, 5.74) is 0. The average molecular weight is 209 g/mol. The molecule has 2 aromatic rings. The fraction of sp³-hybridized carbons (Fsp3) is 0.375. The molecule has 1 N–H and O–H groups in total. The van der Waals surface area contributed by atoms with Crippen molar-refractivity contribution in [1.82, 2.24) is 25.1 Å². The molecule has 6 heteroatoms. The molecule has 14 heavy (non-hydrogen) atoms. The highest BCUT2D eigenvalue weighted by Gasteiger charge is 2.00. The molecular weight excluding hydrogens is 198 g/mol. The predicted molar refractivity (Wildman–Crippen MR) is 53.7 cm³/mol. The fourth-order valence-electron chi connectivity index (χ4n) is 1.09. The van der Waals surface area contributed by atoms with Crippen molar-refractivity contribution in [2.45, 2.75) is 13.1 Å². The van der Waals surface area contributed by atoms with Crippen molar-refractivity contribution in [2.24, 2.45) is 7.05 Å². The molecule has 0 aromatic carbocycles. The maximum Gasteiger partial charge on any atom is 0.146 e. The van der Waals surface area contributed by atoms with E-state index in [1.165, 1.54) is 0 Å². The zero-order valence-corrected chi connectivity index (χ0v) is 8.66. The van der Waals surface area contributed by atoms with Gasteiger partial charge in [0.1, 0.15) is 17.2 Å². The molecule has 2 rings (SSSR count). The maximum absolute atomic E-state index is 4.17. The highest BCUT2D eigenvalue weighted by molar-refractivity contribution is 7.09. The van der Waals surface area contributed by atoms with Gasteiger partial charge in [0.25, 0.3) is 0 Å². The molecule has 0 aliphatic heterocycles. The number of nitrogens with one attached hydrogen (secondary N) is 1. The molecule has 0 spiro atoms. The van der Waals surface area contributed by atoms with Crippen LogP contribution in [0.3, 0.4) is 0 Å². The van der Waals surface area contributed by atoms with E-state index < -0.39 is 0 Å². The second-order valence-electron chi connectivity index (χ2n) is 2.89. The van der Waals surface area contributed by atoms with E-state index in [0.29, 0.717) is 0 Å². The zero-order valence-electron chi connectivity index (χ0n) is 7.84. The molecule has 0 aliphatic rings. The van der Waals surface area contributed by atoms with Crippen LogP contribution in [0.4, 0.5) is 0 Å². The van der Waals surface area contributed by atoms with Gasteiger partial charge in [-0.1, -0.05) is 0 Å². The van der Waals surface area contributed by atoms with E-state index in [-0.39, 0.29) is 0 Å². The first-order valence-electron chi connectivity index (χ1n) is 4.28. The van der Waals surface area contributed by atoms with Crippen LogP contribution in [-0.2, 0) is 20.1 Å². The first-order chi connectivity index (χ1) is 6.86. The van der Waals surface area contributed by atoms with E-state index in [1.54, 1.807) is 17.7 Å². The Balaban J connectivity index is 1.81. The standard InChI is InChI=1S/C8H11N5S/c1-13-6-11-12-7(13)4-9-5-8-10-2-3-14-8/h2-3,6,9H,4-5H2,1H3. The Labute approximate surface area is 85.8 Å². The Hall–Kier alpha value is -1.27. The molecule has 0 unspecified atom stereocenters. The van der Waals surface area contributed by atoms with E-state index in [4.69, 9.17) is 0 Å². The van der Waals surface area contributed by atoms with Gasteiger partial charge in [-0.25, -0.2) is 4.98 Å². The van der Waals surface area contributed by atoms with Crippen molar-refractivity contribution in [3.05, 3.63) is 28.7 Å². The molecule has 5 nitrogen and oxygen atoms in total. The van der Waals surface area contributed by atoms with E-state index in [1.807, 2.05) is 23.2 Å². The third-order valence-corrected chi connectivity index (χ3v) is 2.63. The molecule has 2 heterocycles. The average Bonchev–Trinajstić information content (AvgIpc) is 2.78. The van der Waals surface area contributed by atoms with Gasteiger partial charge >= 0.3 is 0 Å². The predicted octanol–water partition coefficient (Wildman–Crippen LogP) is 0.561. The Bertz CT molecular complexity index is 380.